The van der Waals surface area contributed by atoms with E-state index in [-0.39, 0.29) is 18.4 Å². The SMILES string of the molecule is CCOC(=O)Cn1c(=NC(=O)CC2CCCCC2)sc2cc(CC)ccc21. The Morgan fingerprint density at radius 2 is 2.00 bits per heavy atom. The van der Waals surface area contributed by atoms with Crippen molar-refractivity contribution in [2.45, 2.75) is 65.3 Å². The molecule has 1 heterocycles. The summed E-state index contributed by atoms with van der Waals surface area (Å²) in [6, 6.07) is 6.19. The highest BCUT2D eigenvalue weighted by atomic mass is 32.1. The van der Waals surface area contributed by atoms with E-state index in [9.17, 15) is 9.59 Å². The smallest absolute Gasteiger partial charge is 0.326 e. The minimum atomic E-state index is -0.307. The topological polar surface area (TPSA) is 60.7 Å². The van der Waals surface area contributed by atoms with Crippen molar-refractivity contribution in [1.29, 1.82) is 0 Å². The van der Waals surface area contributed by atoms with Crippen LogP contribution < -0.4 is 4.80 Å². The van der Waals surface area contributed by atoms with Crippen LogP contribution in [-0.2, 0) is 27.3 Å². The van der Waals surface area contributed by atoms with Gasteiger partial charge in [-0.2, -0.15) is 4.99 Å². The zero-order valence-corrected chi connectivity index (χ0v) is 17.0. The largest absolute Gasteiger partial charge is 0.465 e. The fourth-order valence-corrected chi connectivity index (χ4v) is 4.81. The third-order valence-corrected chi connectivity index (χ3v) is 6.20. The van der Waals surface area contributed by atoms with Crippen LogP contribution in [0.1, 0.15) is 57.9 Å². The number of benzene rings is 1. The van der Waals surface area contributed by atoms with Gasteiger partial charge in [0.05, 0.1) is 16.8 Å². The number of fused-ring (bicyclic) bond motifs is 1. The van der Waals surface area contributed by atoms with E-state index in [4.69, 9.17) is 4.74 Å². The average molecular weight is 389 g/mol. The molecule has 1 fully saturated rings. The first-order chi connectivity index (χ1) is 13.1. The number of aromatic nitrogens is 1. The number of carbonyl (C=O) groups is 2. The Balaban J connectivity index is 1.93. The second kappa shape index (κ2) is 9.31. The van der Waals surface area contributed by atoms with Crippen LogP contribution in [0.2, 0.25) is 0 Å². The summed E-state index contributed by atoms with van der Waals surface area (Å²) in [5.41, 5.74) is 2.15. The zero-order chi connectivity index (χ0) is 19.2. The van der Waals surface area contributed by atoms with Crippen LogP contribution in [0.5, 0.6) is 0 Å². The highest BCUT2D eigenvalue weighted by molar-refractivity contribution is 7.16. The Bertz CT molecular complexity index is 875. The lowest BCUT2D eigenvalue weighted by Gasteiger charge is -2.19. The molecule has 5 nitrogen and oxygen atoms in total. The number of carbonyl (C=O) groups excluding carboxylic acids is 2. The molecule has 6 heteroatoms. The van der Waals surface area contributed by atoms with Gasteiger partial charge in [0.25, 0.3) is 0 Å². The van der Waals surface area contributed by atoms with Crippen molar-refractivity contribution in [2.24, 2.45) is 10.9 Å². The second-order valence-electron chi connectivity index (χ2n) is 7.15. The number of amides is 1. The monoisotopic (exact) mass is 388 g/mol. The molecule has 1 aliphatic carbocycles. The molecule has 3 rings (SSSR count). The first-order valence-electron chi connectivity index (χ1n) is 9.96. The van der Waals surface area contributed by atoms with Crippen LogP contribution in [0.4, 0.5) is 0 Å². The number of esters is 1. The van der Waals surface area contributed by atoms with Crippen molar-refractivity contribution in [3.63, 3.8) is 0 Å². The fourth-order valence-electron chi connectivity index (χ4n) is 3.70. The first-order valence-corrected chi connectivity index (χ1v) is 10.8. The van der Waals surface area contributed by atoms with Gasteiger partial charge in [0.2, 0.25) is 5.91 Å². The third kappa shape index (κ3) is 5.06. The maximum Gasteiger partial charge on any atom is 0.326 e. The molecule has 1 amide bonds. The van der Waals surface area contributed by atoms with Gasteiger partial charge in [-0.15, -0.1) is 0 Å². The van der Waals surface area contributed by atoms with E-state index >= 15 is 0 Å². The maximum atomic E-state index is 12.6. The number of rotatable bonds is 6. The molecule has 0 saturated heterocycles. The van der Waals surface area contributed by atoms with E-state index in [0.717, 1.165) is 29.5 Å². The van der Waals surface area contributed by atoms with Gasteiger partial charge in [-0.25, -0.2) is 0 Å². The number of hydrogen-bond acceptors (Lipinski definition) is 4. The lowest BCUT2D eigenvalue weighted by atomic mass is 9.87. The van der Waals surface area contributed by atoms with Crippen LogP contribution in [0.3, 0.4) is 0 Å². The van der Waals surface area contributed by atoms with Gasteiger partial charge in [0.1, 0.15) is 6.54 Å². The summed E-state index contributed by atoms with van der Waals surface area (Å²) in [7, 11) is 0. The number of aryl methyl sites for hydroxylation is 1. The molecule has 0 N–H and O–H groups in total. The molecule has 2 aromatic rings. The number of nitrogens with zero attached hydrogens (tertiary/aromatic N) is 2. The van der Waals surface area contributed by atoms with Crippen LogP contribution in [-0.4, -0.2) is 23.1 Å². The standard InChI is InChI=1S/C21H28N2O3S/c1-3-15-10-11-17-18(12-15)27-21(23(17)14-20(25)26-4-2)22-19(24)13-16-8-6-5-7-9-16/h10-12,16H,3-9,13-14H2,1-2H3. The van der Waals surface area contributed by atoms with Gasteiger partial charge in [-0.3, -0.25) is 9.59 Å². The van der Waals surface area contributed by atoms with E-state index in [0.29, 0.717) is 23.7 Å². The lowest BCUT2D eigenvalue weighted by Crippen LogP contribution is -2.23. The summed E-state index contributed by atoms with van der Waals surface area (Å²) in [6.07, 6.45) is 7.39. The summed E-state index contributed by atoms with van der Waals surface area (Å²) in [5.74, 6) is 0.0642. The van der Waals surface area contributed by atoms with E-state index in [2.05, 4.69) is 24.0 Å². The molecule has 0 unspecified atom stereocenters. The Morgan fingerprint density at radius 1 is 1.22 bits per heavy atom. The molecule has 1 aliphatic rings. The van der Waals surface area contributed by atoms with Crippen molar-refractivity contribution < 1.29 is 14.3 Å². The first kappa shape index (κ1) is 19.8. The summed E-state index contributed by atoms with van der Waals surface area (Å²) in [4.78, 5) is 29.6. The predicted molar refractivity (Wildman–Crippen MR) is 108 cm³/mol. The molecule has 1 aromatic carbocycles. The highest BCUT2D eigenvalue weighted by Gasteiger charge is 2.18. The van der Waals surface area contributed by atoms with Crippen molar-refractivity contribution in [1.82, 2.24) is 4.57 Å². The Morgan fingerprint density at radius 3 is 2.70 bits per heavy atom. The minimum absolute atomic E-state index is 0.0782. The molecule has 0 spiro atoms. The number of thiazole rings is 1. The molecule has 1 aromatic heterocycles. The second-order valence-corrected chi connectivity index (χ2v) is 8.15. The Hall–Kier alpha value is -1.95. The summed E-state index contributed by atoms with van der Waals surface area (Å²) in [6.45, 7) is 4.32. The van der Waals surface area contributed by atoms with Crippen LogP contribution in [0, 0.1) is 5.92 Å². The Kier molecular flexibility index (Phi) is 6.83. The minimum Gasteiger partial charge on any atom is -0.465 e. The van der Waals surface area contributed by atoms with E-state index in [1.165, 1.54) is 36.2 Å². The van der Waals surface area contributed by atoms with Crippen LogP contribution in [0.25, 0.3) is 10.2 Å². The van der Waals surface area contributed by atoms with Crippen LogP contribution in [0.15, 0.2) is 23.2 Å². The molecular formula is C21H28N2O3S. The Labute approximate surface area is 164 Å². The molecule has 146 valence electrons. The third-order valence-electron chi connectivity index (χ3n) is 5.16. The maximum absolute atomic E-state index is 12.6. The molecule has 0 bridgehead atoms. The highest BCUT2D eigenvalue weighted by Crippen LogP contribution is 2.26. The van der Waals surface area contributed by atoms with Gasteiger partial charge in [-0.05, 0) is 49.8 Å². The average Bonchev–Trinajstić information content (AvgIpc) is 2.98. The van der Waals surface area contributed by atoms with Gasteiger partial charge in [-0.1, -0.05) is 43.6 Å². The van der Waals surface area contributed by atoms with E-state index in [1.807, 2.05) is 10.6 Å². The fraction of sp³-hybridized carbons (Fsp3) is 0.571. The lowest BCUT2D eigenvalue weighted by molar-refractivity contribution is -0.143. The molecule has 0 aliphatic heterocycles. The van der Waals surface area contributed by atoms with Crippen LogP contribution >= 0.6 is 11.3 Å². The van der Waals surface area contributed by atoms with Gasteiger partial charge < -0.3 is 9.30 Å². The molecule has 27 heavy (non-hydrogen) atoms. The number of hydrogen-bond donors (Lipinski definition) is 0. The van der Waals surface area contributed by atoms with E-state index < -0.39 is 0 Å². The van der Waals surface area contributed by atoms with Gasteiger partial charge in [0, 0.05) is 6.42 Å². The predicted octanol–water partition coefficient (Wildman–Crippen LogP) is 4.23. The molecular weight excluding hydrogens is 360 g/mol. The quantitative estimate of drug-likeness (QED) is 0.696. The summed E-state index contributed by atoms with van der Waals surface area (Å²) >= 11 is 1.47. The van der Waals surface area contributed by atoms with Crippen molar-refractivity contribution in [3.05, 3.63) is 28.6 Å². The molecule has 0 atom stereocenters. The van der Waals surface area contributed by atoms with Crippen molar-refractivity contribution >= 4 is 33.4 Å². The zero-order valence-electron chi connectivity index (χ0n) is 16.2. The van der Waals surface area contributed by atoms with Crippen molar-refractivity contribution in [2.75, 3.05) is 6.61 Å². The summed E-state index contributed by atoms with van der Waals surface area (Å²) < 4.78 is 7.97. The normalized spacial score (nSPS) is 16.0. The van der Waals surface area contributed by atoms with Gasteiger partial charge >= 0.3 is 5.97 Å². The number of ether oxygens (including phenoxy) is 1. The van der Waals surface area contributed by atoms with Crippen molar-refractivity contribution in [3.8, 4) is 0 Å². The molecule has 0 radical (unpaired) electrons. The molecule has 1 saturated carbocycles. The van der Waals surface area contributed by atoms with E-state index in [1.54, 1.807) is 6.92 Å². The van der Waals surface area contributed by atoms with Gasteiger partial charge in [0.15, 0.2) is 4.80 Å². The summed E-state index contributed by atoms with van der Waals surface area (Å²) in [5, 5.41) is 0.